The summed E-state index contributed by atoms with van der Waals surface area (Å²) in [6.45, 7) is 6.71. The van der Waals surface area contributed by atoms with Crippen LogP contribution in [0.5, 0.6) is 0 Å². The van der Waals surface area contributed by atoms with Gasteiger partial charge in [-0.1, -0.05) is 19.1 Å². The van der Waals surface area contributed by atoms with E-state index in [4.69, 9.17) is 0 Å². The van der Waals surface area contributed by atoms with E-state index in [2.05, 4.69) is 15.6 Å². The first kappa shape index (κ1) is 25.1. The van der Waals surface area contributed by atoms with Gasteiger partial charge in [-0.25, -0.2) is 17.1 Å². The summed E-state index contributed by atoms with van der Waals surface area (Å²) in [6.07, 6.45) is 2.65. The van der Waals surface area contributed by atoms with Gasteiger partial charge in [0.25, 0.3) is 0 Å². The lowest BCUT2D eigenvalue weighted by molar-refractivity contribution is 0.427. The molecule has 0 aromatic heterocycles. The highest BCUT2D eigenvalue weighted by molar-refractivity contribution is 14.0. The van der Waals surface area contributed by atoms with E-state index in [-0.39, 0.29) is 29.8 Å². The van der Waals surface area contributed by atoms with Crippen LogP contribution < -0.4 is 10.6 Å². The molecule has 150 valence electrons. The van der Waals surface area contributed by atoms with Crippen LogP contribution in [0, 0.1) is 5.82 Å². The highest BCUT2D eigenvalue weighted by Gasteiger charge is 2.12. The van der Waals surface area contributed by atoms with Gasteiger partial charge < -0.3 is 10.6 Å². The summed E-state index contributed by atoms with van der Waals surface area (Å²) in [7, 11) is -3.15. The fourth-order valence-corrected chi connectivity index (χ4v) is 3.24. The van der Waals surface area contributed by atoms with E-state index < -0.39 is 10.0 Å². The zero-order chi connectivity index (χ0) is 18.7. The summed E-state index contributed by atoms with van der Waals surface area (Å²) in [5.74, 6) is 0.467. The number of halogens is 2. The van der Waals surface area contributed by atoms with Crippen molar-refractivity contribution in [3.8, 4) is 0 Å². The van der Waals surface area contributed by atoms with Crippen LogP contribution in [0.25, 0.3) is 0 Å². The maximum Gasteiger partial charge on any atom is 0.211 e. The van der Waals surface area contributed by atoms with E-state index in [1.54, 1.807) is 12.1 Å². The van der Waals surface area contributed by atoms with Crippen LogP contribution in [0.3, 0.4) is 0 Å². The van der Waals surface area contributed by atoms with Gasteiger partial charge in [-0.3, -0.25) is 4.99 Å². The molecule has 0 saturated carbocycles. The SMILES string of the molecule is CCNC(=NCCCN(CC)S(C)(=O)=O)NCCc1ccc(F)cc1.I. The molecular weight excluding hydrogens is 470 g/mol. The Kier molecular flexibility index (Phi) is 12.8. The first-order valence-corrected chi connectivity index (χ1v) is 10.4. The lowest BCUT2D eigenvalue weighted by Gasteiger charge is -2.17. The van der Waals surface area contributed by atoms with Crippen molar-refractivity contribution in [1.29, 1.82) is 0 Å². The number of aliphatic imine (C=N–C) groups is 1. The molecule has 0 amide bonds. The van der Waals surface area contributed by atoms with E-state index in [9.17, 15) is 12.8 Å². The first-order chi connectivity index (χ1) is 11.9. The number of hydrogen-bond donors (Lipinski definition) is 2. The molecule has 0 aliphatic carbocycles. The average molecular weight is 500 g/mol. The number of nitrogens with zero attached hydrogens (tertiary/aromatic N) is 2. The van der Waals surface area contributed by atoms with Crippen molar-refractivity contribution in [3.05, 3.63) is 35.6 Å². The third kappa shape index (κ3) is 10.3. The summed E-state index contributed by atoms with van der Waals surface area (Å²) in [5, 5.41) is 6.39. The van der Waals surface area contributed by atoms with E-state index in [0.717, 1.165) is 18.5 Å². The largest absolute Gasteiger partial charge is 0.357 e. The van der Waals surface area contributed by atoms with Crippen molar-refractivity contribution in [2.45, 2.75) is 26.7 Å². The van der Waals surface area contributed by atoms with Gasteiger partial charge in [0.1, 0.15) is 5.82 Å². The van der Waals surface area contributed by atoms with Gasteiger partial charge in [-0.05, 0) is 37.5 Å². The van der Waals surface area contributed by atoms with Crippen LogP contribution in [0.15, 0.2) is 29.3 Å². The Balaban J connectivity index is 0.00000625. The Morgan fingerprint density at radius 2 is 1.85 bits per heavy atom. The molecule has 9 heteroatoms. The Hall–Kier alpha value is -0.940. The molecule has 0 bridgehead atoms. The number of guanidine groups is 1. The fraction of sp³-hybridized carbons (Fsp3) is 0.588. The summed E-state index contributed by atoms with van der Waals surface area (Å²) >= 11 is 0. The molecule has 1 aromatic carbocycles. The van der Waals surface area contributed by atoms with Crippen molar-refractivity contribution >= 4 is 40.0 Å². The molecule has 26 heavy (non-hydrogen) atoms. The van der Waals surface area contributed by atoms with Gasteiger partial charge >= 0.3 is 0 Å². The normalized spacial score (nSPS) is 12.0. The van der Waals surface area contributed by atoms with Crippen molar-refractivity contribution in [2.75, 3.05) is 39.0 Å². The Labute approximate surface area is 173 Å². The zero-order valence-corrected chi connectivity index (χ0v) is 18.8. The number of rotatable bonds is 10. The van der Waals surface area contributed by atoms with Crippen molar-refractivity contribution in [1.82, 2.24) is 14.9 Å². The van der Waals surface area contributed by atoms with Crippen LogP contribution in [-0.2, 0) is 16.4 Å². The second-order valence-corrected chi connectivity index (χ2v) is 7.65. The van der Waals surface area contributed by atoms with Crippen LogP contribution in [0.2, 0.25) is 0 Å². The maximum absolute atomic E-state index is 12.9. The number of benzene rings is 1. The van der Waals surface area contributed by atoms with Crippen LogP contribution >= 0.6 is 24.0 Å². The van der Waals surface area contributed by atoms with Crippen molar-refractivity contribution in [2.24, 2.45) is 4.99 Å². The molecule has 0 saturated heterocycles. The topological polar surface area (TPSA) is 73.8 Å². The Morgan fingerprint density at radius 3 is 2.38 bits per heavy atom. The second-order valence-electron chi connectivity index (χ2n) is 5.67. The minimum Gasteiger partial charge on any atom is -0.357 e. The molecule has 0 aliphatic heterocycles. The average Bonchev–Trinajstić information content (AvgIpc) is 2.55. The molecule has 6 nitrogen and oxygen atoms in total. The molecule has 0 unspecified atom stereocenters. The molecule has 2 N–H and O–H groups in total. The van der Waals surface area contributed by atoms with Crippen molar-refractivity contribution in [3.63, 3.8) is 0 Å². The predicted octanol–water partition coefficient (Wildman–Crippen LogP) is 2.21. The highest BCUT2D eigenvalue weighted by atomic mass is 127. The van der Waals surface area contributed by atoms with E-state index in [0.29, 0.717) is 38.6 Å². The Bertz CT molecular complexity index is 639. The summed E-state index contributed by atoms with van der Waals surface area (Å²) < 4.78 is 37.4. The van der Waals surface area contributed by atoms with Crippen LogP contribution in [0.4, 0.5) is 4.39 Å². The summed E-state index contributed by atoms with van der Waals surface area (Å²) in [5.41, 5.74) is 1.05. The first-order valence-electron chi connectivity index (χ1n) is 8.58. The minimum atomic E-state index is -3.15. The third-order valence-corrected chi connectivity index (χ3v) is 5.00. The maximum atomic E-state index is 12.9. The van der Waals surface area contributed by atoms with Gasteiger partial charge in [0, 0.05) is 32.7 Å². The molecule has 1 rings (SSSR count). The van der Waals surface area contributed by atoms with Gasteiger partial charge in [0.2, 0.25) is 10.0 Å². The number of sulfonamides is 1. The molecule has 0 radical (unpaired) electrons. The van der Waals surface area contributed by atoms with E-state index >= 15 is 0 Å². The fourth-order valence-electron chi connectivity index (χ4n) is 2.31. The lowest BCUT2D eigenvalue weighted by Crippen LogP contribution is -2.38. The molecule has 0 heterocycles. The standard InChI is InChI=1S/C17H29FN4O2S.HI/c1-4-19-17(20-12-6-14-22(5-2)25(3,23)24)21-13-11-15-7-9-16(18)10-8-15;/h7-10H,4-6,11-14H2,1-3H3,(H2,19,20,21);1H. The summed E-state index contributed by atoms with van der Waals surface area (Å²) in [4.78, 5) is 4.46. The smallest absolute Gasteiger partial charge is 0.211 e. The lowest BCUT2D eigenvalue weighted by atomic mass is 10.1. The van der Waals surface area contributed by atoms with Gasteiger partial charge in [0.15, 0.2) is 5.96 Å². The highest BCUT2D eigenvalue weighted by Crippen LogP contribution is 2.03. The third-order valence-electron chi connectivity index (χ3n) is 3.62. The Morgan fingerprint density at radius 1 is 1.19 bits per heavy atom. The van der Waals surface area contributed by atoms with E-state index in [1.165, 1.54) is 22.7 Å². The van der Waals surface area contributed by atoms with Gasteiger partial charge in [-0.15, -0.1) is 24.0 Å². The molecule has 1 aromatic rings. The molecule has 0 fully saturated rings. The monoisotopic (exact) mass is 500 g/mol. The summed E-state index contributed by atoms with van der Waals surface area (Å²) in [6, 6.07) is 6.45. The molecule has 0 aliphatic rings. The molecular formula is C17H30FIN4O2S. The minimum absolute atomic E-state index is 0. The zero-order valence-electron chi connectivity index (χ0n) is 15.7. The molecule has 0 atom stereocenters. The predicted molar refractivity (Wildman–Crippen MR) is 116 cm³/mol. The quantitative estimate of drug-likeness (QED) is 0.224. The van der Waals surface area contributed by atoms with Crippen LogP contribution in [-0.4, -0.2) is 57.7 Å². The van der Waals surface area contributed by atoms with E-state index in [1.807, 2.05) is 13.8 Å². The van der Waals surface area contributed by atoms with Gasteiger partial charge in [0.05, 0.1) is 6.26 Å². The molecule has 0 spiro atoms. The van der Waals surface area contributed by atoms with Gasteiger partial charge in [-0.2, -0.15) is 0 Å². The number of hydrogen-bond acceptors (Lipinski definition) is 3. The van der Waals surface area contributed by atoms with Crippen molar-refractivity contribution < 1.29 is 12.8 Å². The second kappa shape index (κ2) is 13.3. The number of nitrogens with one attached hydrogen (secondary N) is 2. The van der Waals surface area contributed by atoms with Crippen LogP contribution in [0.1, 0.15) is 25.8 Å².